The maximum Gasteiger partial charge on any atom is 0.282 e. The van der Waals surface area contributed by atoms with E-state index in [4.69, 9.17) is 14.2 Å². The van der Waals surface area contributed by atoms with Gasteiger partial charge in [-0.05, 0) is 36.2 Å². The van der Waals surface area contributed by atoms with Crippen molar-refractivity contribution in [3.63, 3.8) is 0 Å². The third kappa shape index (κ3) is 4.01. The number of carbonyl (C=O) groups is 2. The largest absolute Gasteiger partial charge is 0.495 e. The summed E-state index contributed by atoms with van der Waals surface area (Å²) in [6.07, 6.45) is 0.912. The molecule has 0 atom stereocenters. The van der Waals surface area contributed by atoms with Crippen LogP contribution in [0.25, 0.3) is 5.57 Å². The van der Waals surface area contributed by atoms with Crippen LogP contribution in [0.4, 0.5) is 5.69 Å². The number of anilines is 1. The van der Waals surface area contributed by atoms with E-state index in [0.29, 0.717) is 61.2 Å². The molecule has 2 aliphatic rings. The number of hydrogen-bond donors (Lipinski definition) is 0. The van der Waals surface area contributed by atoms with Crippen LogP contribution in [0.5, 0.6) is 11.5 Å². The minimum atomic E-state index is -0.363. The zero-order chi connectivity index (χ0) is 21.8. The molecule has 1 saturated heterocycles. The Morgan fingerprint density at radius 2 is 1.68 bits per heavy atom. The minimum absolute atomic E-state index is 0.349. The van der Waals surface area contributed by atoms with Crippen molar-refractivity contribution in [3.8, 4) is 11.5 Å². The fraction of sp³-hybridized carbons (Fsp3) is 0.333. The highest BCUT2D eigenvalue weighted by molar-refractivity contribution is 6.45. The van der Waals surface area contributed by atoms with E-state index in [1.807, 2.05) is 36.1 Å². The second-order valence-corrected chi connectivity index (χ2v) is 7.31. The molecule has 0 radical (unpaired) electrons. The van der Waals surface area contributed by atoms with Gasteiger partial charge in [-0.2, -0.15) is 0 Å². The van der Waals surface area contributed by atoms with E-state index < -0.39 is 0 Å². The van der Waals surface area contributed by atoms with E-state index in [-0.39, 0.29) is 11.8 Å². The number of carbonyl (C=O) groups excluding carboxylic acids is 2. The van der Waals surface area contributed by atoms with Crippen molar-refractivity contribution < 1.29 is 23.8 Å². The number of ether oxygens (including phenoxy) is 3. The summed E-state index contributed by atoms with van der Waals surface area (Å²) < 4.78 is 16.5. The highest BCUT2D eigenvalue weighted by atomic mass is 16.5. The van der Waals surface area contributed by atoms with Crippen molar-refractivity contribution in [2.24, 2.45) is 0 Å². The van der Waals surface area contributed by atoms with E-state index in [2.05, 4.69) is 0 Å². The minimum Gasteiger partial charge on any atom is -0.495 e. The molecule has 7 heteroatoms. The highest BCUT2D eigenvalue weighted by Crippen LogP contribution is 2.38. The maximum atomic E-state index is 13.6. The smallest absolute Gasteiger partial charge is 0.282 e. The fourth-order valence-electron chi connectivity index (χ4n) is 3.83. The predicted octanol–water partition coefficient (Wildman–Crippen LogP) is 3.10. The van der Waals surface area contributed by atoms with Gasteiger partial charge >= 0.3 is 0 Å². The Morgan fingerprint density at radius 3 is 2.35 bits per heavy atom. The first-order chi connectivity index (χ1) is 15.2. The lowest BCUT2D eigenvalue weighted by atomic mass is 10.0. The molecule has 2 amide bonds. The number of benzene rings is 2. The van der Waals surface area contributed by atoms with E-state index in [0.717, 1.165) is 12.2 Å². The summed E-state index contributed by atoms with van der Waals surface area (Å²) in [5, 5.41) is 0. The van der Waals surface area contributed by atoms with Crippen molar-refractivity contribution in [1.29, 1.82) is 0 Å². The highest BCUT2D eigenvalue weighted by Gasteiger charge is 2.43. The van der Waals surface area contributed by atoms with Gasteiger partial charge in [-0.1, -0.05) is 31.2 Å². The van der Waals surface area contributed by atoms with Gasteiger partial charge in [-0.25, -0.2) is 4.90 Å². The van der Waals surface area contributed by atoms with Crippen molar-refractivity contribution in [2.75, 3.05) is 44.9 Å². The second-order valence-electron chi connectivity index (χ2n) is 7.31. The summed E-state index contributed by atoms with van der Waals surface area (Å²) in [7, 11) is 1.52. The van der Waals surface area contributed by atoms with Crippen LogP contribution in [-0.2, 0) is 14.3 Å². The molecule has 0 N–H and O–H groups in total. The molecule has 0 aromatic heterocycles. The number of amides is 2. The Hall–Kier alpha value is -3.32. The number of nitrogens with zero attached hydrogens (tertiary/aromatic N) is 2. The van der Waals surface area contributed by atoms with Crippen molar-refractivity contribution in [3.05, 3.63) is 59.8 Å². The predicted molar refractivity (Wildman–Crippen MR) is 117 cm³/mol. The van der Waals surface area contributed by atoms with E-state index in [1.165, 1.54) is 12.0 Å². The molecule has 2 aliphatic heterocycles. The number of morpholine rings is 1. The van der Waals surface area contributed by atoms with Gasteiger partial charge in [0.1, 0.15) is 17.2 Å². The van der Waals surface area contributed by atoms with Gasteiger partial charge < -0.3 is 19.1 Å². The van der Waals surface area contributed by atoms with Crippen LogP contribution in [0, 0.1) is 0 Å². The molecule has 2 heterocycles. The van der Waals surface area contributed by atoms with Crippen LogP contribution in [0.3, 0.4) is 0 Å². The second kappa shape index (κ2) is 9.22. The van der Waals surface area contributed by atoms with Gasteiger partial charge in [-0.3, -0.25) is 9.59 Å². The van der Waals surface area contributed by atoms with Crippen LogP contribution in [0.1, 0.15) is 18.9 Å². The molecule has 0 saturated carbocycles. The average molecular weight is 422 g/mol. The molecule has 2 aromatic carbocycles. The normalized spacial score (nSPS) is 16.8. The summed E-state index contributed by atoms with van der Waals surface area (Å²) in [6, 6.07) is 14.4. The van der Waals surface area contributed by atoms with E-state index >= 15 is 0 Å². The van der Waals surface area contributed by atoms with Gasteiger partial charge in [-0.15, -0.1) is 0 Å². The van der Waals surface area contributed by atoms with Crippen molar-refractivity contribution in [1.82, 2.24) is 4.90 Å². The Labute approximate surface area is 181 Å². The summed E-state index contributed by atoms with van der Waals surface area (Å²) in [4.78, 5) is 30.3. The van der Waals surface area contributed by atoms with Gasteiger partial charge in [0.25, 0.3) is 11.8 Å². The fourth-order valence-corrected chi connectivity index (χ4v) is 3.83. The Balaban J connectivity index is 1.77. The standard InChI is InChI=1S/C24H26N2O5/c1-3-14-31-18-10-8-17(9-11-18)21-22(25-12-15-30-16-13-25)24(28)26(23(21)27)19-6-4-5-7-20(19)29-2/h4-11H,3,12-16H2,1-2H3. The molecule has 0 spiro atoms. The van der Waals surface area contributed by atoms with Crippen LogP contribution >= 0.6 is 0 Å². The molecule has 0 unspecified atom stereocenters. The third-order valence-electron chi connectivity index (χ3n) is 5.33. The van der Waals surface area contributed by atoms with Gasteiger partial charge in [0.2, 0.25) is 0 Å². The Kier molecular flexibility index (Phi) is 6.23. The van der Waals surface area contributed by atoms with Crippen LogP contribution in [0.2, 0.25) is 0 Å². The maximum absolute atomic E-state index is 13.6. The first-order valence-corrected chi connectivity index (χ1v) is 10.5. The topological polar surface area (TPSA) is 68.3 Å². The number of rotatable bonds is 7. The van der Waals surface area contributed by atoms with E-state index in [9.17, 15) is 9.59 Å². The monoisotopic (exact) mass is 422 g/mol. The zero-order valence-electron chi connectivity index (χ0n) is 17.8. The number of methoxy groups -OCH3 is 1. The third-order valence-corrected chi connectivity index (χ3v) is 5.33. The van der Waals surface area contributed by atoms with Crippen LogP contribution in [-0.4, -0.2) is 56.7 Å². The first kappa shape index (κ1) is 20.9. The van der Waals surface area contributed by atoms with Gasteiger partial charge in [0, 0.05) is 13.1 Å². The summed E-state index contributed by atoms with van der Waals surface area (Å²) in [5.74, 6) is 0.489. The Bertz CT molecular complexity index is 993. The molecule has 31 heavy (non-hydrogen) atoms. The molecule has 7 nitrogen and oxygen atoms in total. The number of imide groups is 1. The lowest BCUT2D eigenvalue weighted by Gasteiger charge is -2.29. The number of para-hydroxylation sites is 2. The molecule has 4 rings (SSSR count). The molecule has 0 bridgehead atoms. The zero-order valence-corrected chi connectivity index (χ0v) is 17.8. The molecular formula is C24H26N2O5. The van der Waals surface area contributed by atoms with Crippen LogP contribution < -0.4 is 14.4 Å². The SMILES string of the molecule is CCCOc1ccc(C2=C(N3CCOCC3)C(=O)N(c3ccccc3OC)C2=O)cc1. The number of hydrogen-bond acceptors (Lipinski definition) is 6. The lowest BCUT2D eigenvalue weighted by molar-refractivity contribution is -0.121. The Morgan fingerprint density at radius 1 is 0.968 bits per heavy atom. The summed E-state index contributed by atoms with van der Waals surface area (Å²) >= 11 is 0. The van der Waals surface area contributed by atoms with Crippen LogP contribution in [0.15, 0.2) is 54.2 Å². The average Bonchev–Trinajstić information content (AvgIpc) is 3.08. The molecule has 2 aromatic rings. The van der Waals surface area contributed by atoms with Crippen molar-refractivity contribution >= 4 is 23.1 Å². The quantitative estimate of drug-likeness (QED) is 0.639. The molecule has 0 aliphatic carbocycles. The first-order valence-electron chi connectivity index (χ1n) is 10.5. The van der Waals surface area contributed by atoms with Gasteiger partial charge in [0.15, 0.2) is 0 Å². The van der Waals surface area contributed by atoms with Gasteiger partial charge in [0.05, 0.1) is 38.2 Å². The molecule has 162 valence electrons. The summed E-state index contributed by atoms with van der Waals surface area (Å²) in [6.45, 7) is 4.79. The van der Waals surface area contributed by atoms with Crippen molar-refractivity contribution in [2.45, 2.75) is 13.3 Å². The lowest BCUT2D eigenvalue weighted by Crippen LogP contribution is -2.40. The summed E-state index contributed by atoms with van der Waals surface area (Å²) in [5.41, 5.74) is 1.91. The molecule has 1 fully saturated rings. The van der Waals surface area contributed by atoms with E-state index in [1.54, 1.807) is 24.3 Å². The molecular weight excluding hydrogens is 396 g/mol.